The Morgan fingerprint density at radius 2 is 1.59 bits per heavy atom. The predicted octanol–water partition coefficient (Wildman–Crippen LogP) is -1.46. The molecule has 0 saturated carbocycles. The highest BCUT2D eigenvalue weighted by Crippen LogP contribution is 2.27. The zero-order valence-electron chi connectivity index (χ0n) is 13.5. The average molecular weight is 332 g/mol. The van der Waals surface area contributed by atoms with Gasteiger partial charge in [0, 0.05) is 47.3 Å². The fraction of sp³-hybridized carbons (Fsp3) is 0.846. The fourth-order valence-electron chi connectivity index (χ4n) is 3.03. The van der Waals surface area contributed by atoms with Crippen LogP contribution in [0.15, 0.2) is 0 Å². The van der Waals surface area contributed by atoms with Gasteiger partial charge in [0.15, 0.2) is 9.84 Å². The standard InChI is InChI=1S/C13H24N4O4S/c1-14(2)12(18)7-16-5-6-17(13(19)15(3)4)11-9-22(20,21)8-10(11)16/h10-11H,5-9H2,1-4H3/t10-,11+/m1/s1. The summed E-state index contributed by atoms with van der Waals surface area (Å²) in [6, 6.07) is -0.846. The molecule has 2 saturated heterocycles. The van der Waals surface area contributed by atoms with Crippen molar-refractivity contribution in [2.75, 3.05) is 59.3 Å². The lowest BCUT2D eigenvalue weighted by Gasteiger charge is -2.44. The summed E-state index contributed by atoms with van der Waals surface area (Å²) in [5, 5.41) is 0. The highest BCUT2D eigenvalue weighted by atomic mass is 32.2. The van der Waals surface area contributed by atoms with E-state index in [9.17, 15) is 18.0 Å². The number of piperazine rings is 1. The lowest BCUT2D eigenvalue weighted by Crippen LogP contribution is -2.63. The second kappa shape index (κ2) is 6.04. The Morgan fingerprint density at radius 3 is 2.14 bits per heavy atom. The van der Waals surface area contributed by atoms with Crippen LogP contribution in [0, 0.1) is 0 Å². The second-order valence-corrected chi connectivity index (χ2v) is 8.49. The Labute approximate surface area is 131 Å². The summed E-state index contributed by atoms with van der Waals surface area (Å²) in [7, 11) is 3.48. The van der Waals surface area contributed by atoms with E-state index in [2.05, 4.69) is 0 Å². The van der Waals surface area contributed by atoms with Crippen LogP contribution >= 0.6 is 0 Å². The summed E-state index contributed by atoms with van der Waals surface area (Å²) in [6.45, 7) is 1.14. The van der Waals surface area contributed by atoms with Gasteiger partial charge in [-0.05, 0) is 0 Å². The van der Waals surface area contributed by atoms with Crippen LogP contribution in [0.4, 0.5) is 4.79 Å². The maximum Gasteiger partial charge on any atom is 0.319 e. The van der Waals surface area contributed by atoms with Gasteiger partial charge in [0.25, 0.3) is 0 Å². The first-order valence-electron chi connectivity index (χ1n) is 7.25. The number of hydrogen-bond donors (Lipinski definition) is 0. The predicted molar refractivity (Wildman–Crippen MR) is 82.3 cm³/mol. The van der Waals surface area contributed by atoms with Crippen molar-refractivity contribution < 1.29 is 18.0 Å². The molecule has 2 rings (SSSR count). The maximum atomic E-state index is 12.3. The zero-order chi connectivity index (χ0) is 16.7. The van der Waals surface area contributed by atoms with E-state index in [-0.39, 0.29) is 42.1 Å². The molecular formula is C13H24N4O4S. The molecule has 22 heavy (non-hydrogen) atoms. The third kappa shape index (κ3) is 3.35. The van der Waals surface area contributed by atoms with E-state index in [0.717, 1.165) is 0 Å². The molecule has 2 aliphatic heterocycles. The molecule has 0 aromatic carbocycles. The molecule has 2 aliphatic rings. The number of amides is 3. The third-order valence-electron chi connectivity index (χ3n) is 4.26. The monoisotopic (exact) mass is 332 g/mol. The SMILES string of the molecule is CN(C)C(=O)CN1CCN(C(=O)N(C)C)[C@H]2CS(=O)(=O)C[C@H]21. The molecule has 2 heterocycles. The Balaban J connectivity index is 2.20. The molecule has 2 fully saturated rings. The molecule has 0 bridgehead atoms. The van der Waals surface area contributed by atoms with Gasteiger partial charge in [0.1, 0.15) is 0 Å². The Bertz CT molecular complexity index is 560. The van der Waals surface area contributed by atoms with Crippen LogP contribution in [0.1, 0.15) is 0 Å². The van der Waals surface area contributed by atoms with Crippen molar-refractivity contribution in [3.8, 4) is 0 Å². The van der Waals surface area contributed by atoms with Gasteiger partial charge in [-0.1, -0.05) is 0 Å². The van der Waals surface area contributed by atoms with Gasteiger partial charge in [0.05, 0.1) is 24.1 Å². The number of urea groups is 1. The molecule has 0 radical (unpaired) electrons. The molecule has 0 aromatic rings. The van der Waals surface area contributed by atoms with Crippen LogP contribution in [-0.4, -0.2) is 111 Å². The smallest absolute Gasteiger partial charge is 0.319 e. The molecule has 0 unspecified atom stereocenters. The molecule has 2 atom stereocenters. The van der Waals surface area contributed by atoms with E-state index in [4.69, 9.17) is 0 Å². The largest absolute Gasteiger partial charge is 0.348 e. The van der Waals surface area contributed by atoms with Gasteiger partial charge in [-0.25, -0.2) is 13.2 Å². The molecular weight excluding hydrogens is 308 g/mol. The number of carbonyl (C=O) groups is 2. The van der Waals surface area contributed by atoms with Crippen molar-refractivity contribution in [2.24, 2.45) is 0 Å². The molecule has 0 aromatic heterocycles. The molecule has 0 spiro atoms. The molecule has 3 amide bonds. The number of likely N-dealkylation sites (N-methyl/N-ethyl adjacent to an activating group) is 1. The minimum absolute atomic E-state index is 0.00951. The van der Waals surface area contributed by atoms with Crippen LogP contribution in [0.2, 0.25) is 0 Å². The van der Waals surface area contributed by atoms with Gasteiger partial charge >= 0.3 is 6.03 Å². The minimum Gasteiger partial charge on any atom is -0.348 e. The van der Waals surface area contributed by atoms with E-state index in [1.807, 2.05) is 4.90 Å². The first kappa shape index (κ1) is 17.0. The first-order valence-corrected chi connectivity index (χ1v) is 9.07. The Morgan fingerprint density at radius 1 is 1.00 bits per heavy atom. The van der Waals surface area contributed by atoms with Crippen molar-refractivity contribution in [2.45, 2.75) is 12.1 Å². The van der Waals surface area contributed by atoms with E-state index in [1.165, 1.54) is 9.80 Å². The molecule has 126 valence electrons. The lowest BCUT2D eigenvalue weighted by atomic mass is 10.1. The third-order valence-corrected chi connectivity index (χ3v) is 5.96. The average Bonchev–Trinajstić information content (AvgIpc) is 2.73. The van der Waals surface area contributed by atoms with Crippen LogP contribution in [0.5, 0.6) is 0 Å². The number of hydrogen-bond acceptors (Lipinski definition) is 5. The Kier molecular flexibility index (Phi) is 4.67. The number of rotatable bonds is 2. The normalized spacial score (nSPS) is 27.4. The van der Waals surface area contributed by atoms with Crippen molar-refractivity contribution in [3.63, 3.8) is 0 Å². The molecule has 0 aliphatic carbocycles. The van der Waals surface area contributed by atoms with Crippen LogP contribution < -0.4 is 0 Å². The van der Waals surface area contributed by atoms with Crippen LogP contribution in [0.3, 0.4) is 0 Å². The Hall–Kier alpha value is -1.35. The number of nitrogens with zero attached hydrogens (tertiary/aromatic N) is 4. The summed E-state index contributed by atoms with van der Waals surface area (Å²) in [6.07, 6.45) is 0. The summed E-state index contributed by atoms with van der Waals surface area (Å²) in [5.41, 5.74) is 0. The number of carbonyl (C=O) groups excluding carboxylic acids is 2. The van der Waals surface area contributed by atoms with Gasteiger partial charge < -0.3 is 14.7 Å². The molecule has 9 heteroatoms. The maximum absolute atomic E-state index is 12.3. The first-order chi connectivity index (χ1) is 10.1. The molecule has 8 nitrogen and oxygen atoms in total. The summed E-state index contributed by atoms with van der Waals surface area (Å²) >= 11 is 0. The van der Waals surface area contributed by atoms with E-state index < -0.39 is 9.84 Å². The topological polar surface area (TPSA) is 81.2 Å². The minimum atomic E-state index is -3.19. The fourth-order valence-corrected chi connectivity index (χ4v) is 5.04. The number of sulfone groups is 1. The van der Waals surface area contributed by atoms with Crippen molar-refractivity contribution in [3.05, 3.63) is 0 Å². The summed E-state index contributed by atoms with van der Waals surface area (Å²) < 4.78 is 24.1. The van der Waals surface area contributed by atoms with Gasteiger partial charge in [-0.2, -0.15) is 0 Å². The highest BCUT2D eigenvalue weighted by Gasteiger charge is 2.48. The van der Waals surface area contributed by atoms with Gasteiger partial charge in [-0.15, -0.1) is 0 Å². The van der Waals surface area contributed by atoms with Crippen molar-refractivity contribution in [1.29, 1.82) is 0 Å². The van der Waals surface area contributed by atoms with Crippen LogP contribution in [0.25, 0.3) is 0 Å². The zero-order valence-corrected chi connectivity index (χ0v) is 14.3. The van der Waals surface area contributed by atoms with E-state index in [1.54, 1.807) is 33.1 Å². The van der Waals surface area contributed by atoms with E-state index in [0.29, 0.717) is 13.1 Å². The van der Waals surface area contributed by atoms with Gasteiger partial charge in [-0.3, -0.25) is 9.69 Å². The second-order valence-electron chi connectivity index (χ2n) is 6.34. The van der Waals surface area contributed by atoms with E-state index >= 15 is 0 Å². The number of fused-ring (bicyclic) bond motifs is 1. The highest BCUT2D eigenvalue weighted by molar-refractivity contribution is 7.91. The molecule has 0 N–H and O–H groups in total. The van der Waals surface area contributed by atoms with Crippen molar-refractivity contribution in [1.82, 2.24) is 19.6 Å². The van der Waals surface area contributed by atoms with Crippen LogP contribution in [-0.2, 0) is 14.6 Å². The summed E-state index contributed by atoms with van der Waals surface area (Å²) in [4.78, 5) is 30.7. The van der Waals surface area contributed by atoms with Gasteiger partial charge in [0.2, 0.25) is 5.91 Å². The lowest BCUT2D eigenvalue weighted by molar-refractivity contribution is -0.131. The van der Waals surface area contributed by atoms with Crippen molar-refractivity contribution >= 4 is 21.8 Å². The quantitative estimate of drug-likeness (QED) is 0.617. The summed E-state index contributed by atoms with van der Waals surface area (Å²) in [5.74, 6) is -0.0742.